The van der Waals surface area contributed by atoms with Crippen molar-refractivity contribution in [2.45, 2.75) is 6.04 Å². The number of rotatable bonds is 1. The maximum Gasteiger partial charge on any atom is 0.178 e. The van der Waals surface area contributed by atoms with Crippen LogP contribution in [0, 0.1) is 10.6 Å². The molecule has 0 radical (unpaired) electrons. The van der Waals surface area contributed by atoms with E-state index in [2.05, 4.69) is 4.98 Å². The molecule has 0 amide bonds. The van der Waals surface area contributed by atoms with Crippen molar-refractivity contribution in [3.8, 4) is 0 Å². The summed E-state index contributed by atoms with van der Waals surface area (Å²) >= 11 is 5.16. The summed E-state index contributed by atoms with van der Waals surface area (Å²) in [4.78, 5) is 2.88. The number of benzene rings is 1. The average Bonchev–Trinajstić information content (AvgIpc) is 2.77. The lowest BCUT2D eigenvalue weighted by atomic mass is 10.2. The molecule has 2 heterocycles. The molecule has 0 aliphatic carbocycles. The molecule has 1 aliphatic heterocycles. The molecule has 94 valence electrons. The zero-order valence-electron chi connectivity index (χ0n) is 9.13. The van der Waals surface area contributed by atoms with Gasteiger partial charge in [-0.2, -0.15) is 0 Å². The van der Waals surface area contributed by atoms with Crippen LogP contribution in [-0.2, 0) is 9.84 Å². The van der Waals surface area contributed by atoms with Crippen LogP contribution in [0.2, 0.25) is 0 Å². The van der Waals surface area contributed by atoms with E-state index in [4.69, 9.17) is 12.2 Å². The summed E-state index contributed by atoms with van der Waals surface area (Å²) in [6, 6.07) is 3.93. The van der Waals surface area contributed by atoms with E-state index in [1.165, 1.54) is 17.5 Å². The van der Waals surface area contributed by atoms with Crippen LogP contribution in [0.3, 0.4) is 0 Å². The van der Waals surface area contributed by atoms with Gasteiger partial charge in [-0.05, 0) is 36.5 Å². The molecule has 18 heavy (non-hydrogen) atoms. The smallest absolute Gasteiger partial charge is 0.178 e. The highest BCUT2D eigenvalue weighted by atomic mass is 32.2. The number of sulfone groups is 1. The van der Waals surface area contributed by atoms with Crippen LogP contribution in [0.15, 0.2) is 29.7 Å². The third kappa shape index (κ3) is 1.79. The number of aromatic nitrogens is 2. The normalized spacial score (nSPS) is 21.7. The van der Waals surface area contributed by atoms with Crippen molar-refractivity contribution in [3.05, 3.63) is 40.3 Å². The third-order valence-electron chi connectivity index (χ3n) is 2.92. The fourth-order valence-electron chi connectivity index (χ4n) is 2.15. The van der Waals surface area contributed by atoms with E-state index in [0.29, 0.717) is 15.8 Å². The van der Waals surface area contributed by atoms with Gasteiger partial charge in [0.2, 0.25) is 0 Å². The van der Waals surface area contributed by atoms with Crippen molar-refractivity contribution in [2.75, 3.05) is 5.75 Å². The van der Waals surface area contributed by atoms with Crippen LogP contribution in [0.1, 0.15) is 6.04 Å². The second-order valence-electron chi connectivity index (χ2n) is 4.19. The van der Waals surface area contributed by atoms with Crippen molar-refractivity contribution >= 4 is 33.1 Å². The molecular weight excluding hydrogens is 275 g/mol. The lowest BCUT2D eigenvalue weighted by Crippen LogP contribution is -2.11. The first kappa shape index (κ1) is 11.6. The Kier molecular flexibility index (Phi) is 2.43. The van der Waals surface area contributed by atoms with Crippen molar-refractivity contribution in [1.29, 1.82) is 0 Å². The molecule has 4 nitrogen and oxygen atoms in total. The third-order valence-corrected chi connectivity index (χ3v) is 4.60. The van der Waals surface area contributed by atoms with Crippen LogP contribution >= 0.6 is 12.2 Å². The van der Waals surface area contributed by atoms with Crippen LogP contribution in [0.4, 0.5) is 4.39 Å². The van der Waals surface area contributed by atoms with Crippen molar-refractivity contribution < 1.29 is 12.8 Å². The molecule has 0 spiro atoms. The lowest BCUT2D eigenvalue weighted by Gasteiger charge is -2.09. The van der Waals surface area contributed by atoms with E-state index < -0.39 is 9.84 Å². The van der Waals surface area contributed by atoms with Gasteiger partial charge >= 0.3 is 0 Å². The Labute approximate surface area is 108 Å². The summed E-state index contributed by atoms with van der Waals surface area (Å²) in [7, 11) is -3.15. The Bertz CT molecular complexity index is 817. The summed E-state index contributed by atoms with van der Waals surface area (Å²) < 4.78 is 38.1. The molecular formula is C11H9FN2O2S2. The zero-order valence-corrected chi connectivity index (χ0v) is 10.8. The average molecular weight is 284 g/mol. The Morgan fingerprint density at radius 3 is 2.89 bits per heavy atom. The molecule has 1 aliphatic rings. The highest BCUT2D eigenvalue weighted by molar-refractivity contribution is 7.94. The fraction of sp³-hybridized carbons (Fsp3) is 0.182. The minimum absolute atomic E-state index is 0.00830. The maximum atomic E-state index is 13.1. The van der Waals surface area contributed by atoms with Gasteiger partial charge in [-0.3, -0.25) is 0 Å². The van der Waals surface area contributed by atoms with Gasteiger partial charge in [-0.1, -0.05) is 0 Å². The lowest BCUT2D eigenvalue weighted by molar-refractivity contribution is 0.594. The number of H-pyrrole nitrogens is 1. The number of allylic oxidation sites excluding steroid dienone is 1. The van der Waals surface area contributed by atoms with E-state index in [1.54, 1.807) is 16.7 Å². The number of hydrogen-bond acceptors (Lipinski definition) is 3. The van der Waals surface area contributed by atoms with E-state index in [1.807, 2.05) is 0 Å². The van der Waals surface area contributed by atoms with Gasteiger partial charge in [0.25, 0.3) is 0 Å². The Morgan fingerprint density at radius 1 is 1.44 bits per heavy atom. The van der Waals surface area contributed by atoms with Crippen LogP contribution in [0.5, 0.6) is 0 Å². The quantitative estimate of drug-likeness (QED) is 0.818. The number of nitrogens with zero attached hydrogens (tertiary/aromatic N) is 1. The fourth-order valence-corrected chi connectivity index (χ4v) is 3.76. The van der Waals surface area contributed by atoms with Crippen LogP contribution in [-0.4, -0.2) is 23.7 Å². The molecule has 2 aromatic rings. The molecule has 0 saturated carbocycles. The molecule has 1 N–H and O–H groups in total. The van der Waals surface area contributed by atoms with Gasteiger partial charge in [0.15, 0.2) is 14.6 Å². The highest BCUT2D eigenvalue weighted by Crippen LogP contribution is 2.26. The Morgan fingerprint density at radius 2 is 2.22 bits per heavy atom. The maximum absolute atomic E-state index is 13.1. The van der Waals surface area contributed by atoms with Crippen molar-refractivity contribution in [3.63, 3.8) is 0 Å². The number of imidazole rings is 1. The van der Waals surface area contributed by atoms with Crippen LogP contribution in [0.25, 0.3) is 11.0 Å². The van der Waals surface area contributed by atoms with Crippen molar-refractivity contribution in [2.24, 2.45) is 0 Å². The molecule has 1 atom stereocenters. The van der Waals surface area contributed by atoms with Gasteiger partial charge in [0, 0.05) is 5.41 Å². The minimum atomic E-state index is -3.15. The molecule has 1 unspecified atom stereocenters. The van der Waals surface area contributed by atoms with Gasteiger partial charge in [0.05, 0.1) is 22.8 Å². The second kappa shape index (κ2) is 3.76. The predicted octanol–water partition coefficient (Wildman–Crippen LogP) is 2.32. The summed E-state index contributed by atoms with van der Waals surface area (Å²) in [6.45, 7) is 0. The van der Waals surface area contributed by atoms with E-state index in [-0.39, 0.29) is 17.6 Å². The molecule has 0 saturated heterocycles. The Balaban J connectivity index is 2.22. The van der Waals surface area contributed by atoms with Gasteiger partial charge in [-0.15, -0.1) is 0 Å². The number of nitrogens with one attached hydrogen (secondary N) is 1. The monoisotopic (exact) mass is 284 g/mol. The standard InChI is InChI=1S/C11H9FN2O2S2/c12-7-1-2-10-9(5-7)13-11(17)14(10)8-3-4-18(15,16)6-8/h1-5,8H,6H2,(H,13,17). The summed E-state index contributed by atoms with van der Waals surface area (Å²) in [5.41, 5.74) is 1.27. The van der Waals surface area contributed by atoms with Gasteiger partial charge < -0.3 is 9.55 Å². The first-order valence-corrected chi connectivity index (χ1v) is 7.39. The summed E-state index contributed by atoms with van der Waals surface area (Å²) in [6.07, 6.45) is 1.60. The molecule has 1 aromatic carbocycles. The van der Waals surface area contributed by atoms with E-state index in [0.717, 1.165) is 0 Å². The number of fused-ring (bicyclic) bond motifs is 1. The molecule has 1 aromatic heterocycles. The molecule has 0 fully saturated rings. The number of halogens is 1. The topological polar surface area (TPSA) is 54.9 Å². The predicted molar refractivity (Wildman–Crippen MR) is 69.0 cm³/mol. The minimum Gasteiger partial charge on any atom is -0.330 e. The zero-order chi connectivity index (χ0) is 12.9. The summed E-state index contributed by atoms with van der Waals surface area (Å²) in [5.74, 6) is -0.369. The molecule has 0 bridgehead atoms. The largest absolute Gasteiger partial charge is 0.330 e. The van der Waals surface area contributed by atoms with Gasteiger partial charge in [0.1, 0.15) is 5.82 Å². The summed E-state index contributed by atoms with van der Waals surface area (Å²) in [5, 5.41) is 1.20. The van der Waals surface area contributed by atoms with Crippen LogP contribution < -0.4 is 0 Å². The highest BCUT2D eigenvalue weighted by Gasteiger charge is 2.24. The SMILES string of the molecule is O=S1(=O)C=CC(n2c(=S)[nH]c3cc(F)ccc32)C1. The van der Waals surface area contributed by atoms with E-state index in [9.17, 15) is 12.8 Å². The van der Waals surface area contributed by atoms with Gasteiger partial charge in [-0.25, -0.2) is 12.8 Å². The first-order valence-electron chi connectivity index (χ1n) is 5.27. The number of hydrogen-bond donors (Lipinski definition) is 1. The molecule has 7 heteroatoms. The second-order valence-corrected chi connectivity index (χ2v) is 6.50. The van der Waals surface area contributed by atoms with E-state index >= 15 is 0 Å². The van der Waals surface area contributed by atoms with Crippen molar-refractivity contribution in [1.82, 2.24) is 9.55 Å². The first-order chi connectivity index (χ1) is 8.46. The molecule has 3 rings (SSSR count). The number of aromatic amines is 1. The Hall–Kier alpha value is -1.47.